The lowest BCUT2D eigenvalue weighted by Gasteiger charge is -2.16. The number of aryl methyl sites for hydroxylation is 1. The fourth-order valence-electron chi connectivity index (χ4n) is 2.38. The minimum Gasteiger partial charge on any atom is -0.490 e. The molecule has 0 radical (unpaired) electrons. The number of carbonyl (C=O) groups is 1. The van der Waals surface area contributed by atoms with E-state index < -0.39 is 0 Å². The van der Waals surface area contributed by atoms with E-state index >= 15 is 0 Å². The predicted octanol–water partition coefficient (Wildman–Crippen LogP) is 4.28. The molecule has 2 rings (SSSR count). The van der Waals surface area contributed by atoms with Crippen molar-refractivity contribution < 1.29 is 18.7 Å². The zero-order valence-corrected chi connectivity index (χ0v) is 15.2. The molecule has 0 fully saturated rings. The van der Waals surface area contributed by atoms with E-state index in [0.717, 1.165) is 11.3 Å². The Kier molecular flexibility index (Phi) is 6.69. The first kappa shape index (κ1) is 18.6. The van der Waals surface area contributed by atoms with E-state index in [-0.39, 0.29) is 11.9 Å². The molecule has 134 valence electrons. The first-order valence-electron chi connectivity index (χ1n) is 8.48. The summed E-state index contributed by atoms with van der Waals surface area (Å²) in [6, 6.07) is 9.22. The van der Waals surface area contributed by atoms with Gasteiger partial charge in [0.25, 0.3) is 0 Å². The van der Waals surface area contributed by atoms with E-state index in [1.807, 2.05) is 58.0 Å². The molecule has 5 nitrogen and oxygen atoms in total. The molecule has 1 atom stereocenters. The van der Waals surface area contributed by atoms with Gasteiger partial charge in [-0.3, -0.25) is 4.79 Å². The molecule has 1 unspecified atom stereocenters. The van der Waals surface area contributed by atoms with Crippen LogP contribution < -0.4 is 14.8 Å². The second-order valence-electron chi connectivity index (χ2n) is 5.58. The maximum Gasteiger partial charge on any atom is 0.244 e. The standard InChI is InChI=1S/C20H25NO4/c1-5-23-18-11-8-16(13-19(18)24-6-2)15(4)21-20(22)12-10-17-9-7-14(3)25-17/h7-13,15H,5-6H2,1-4H3,(H,21,22)/b12-10+. The third kappa shape index (κ3) is 5.41. The molecule has 0 aliphatic carbocycles. The smallest absolute Gasteiger partial charge is 0.244 e. The molecule has 1 N–H and O–H groups in total. The van der Waals surface area contributed by atoms with Gasteiger partial charge in [0.05, 0.1) is 19.3 Å². The first-order chi connectivity index (χ1) is 12.0. The number of amides is 1. The minimum absolute atomic E-state index is 0.162. The van der Waals surface area contributed by atoms with Gasteiger partial charge in [-0.05, 0) is 63.6 Å². The van der Waals surface area contributed by atoms with Gasteiger partial charge in [-0.2, -0.15) is 0 Å². The number of nitrogens with one attached hydrogen (secondary N) is 1. The van der Waals surface area contributed by atoms with Crippen molar-refractivity contribution in [1.82, 2.24) is 5.32 Å². The quantitative estimate of drug-likeness (QED) is 0.727. The molecule has 1 heterocycles. The van der Waals surface area contributed by atoms with Crippen LogP contribution in [0.25, 0.3) is 6.08 Å². The fraction of sp³-hybridized carbons (Fsp3) is 0.350. The van der Waals surface area contributed by atoms with Crippen molar-refractivity contribution in [3.8, 4) is 11.5 Å². The van der Waals surface area contributed by atoms with Crippen LogP contribution in [0.15, 0.2) is 40.8 Å². The zero-order chi connectivity index (χ0) is 18.2. The maximum atomic E-state index is 12.1. The summed E-state index contributed by atoms with van der Waals surface area (Å²) in [4.78, 5) is 12.1. The molecule has 0 aliphatic heterocycles. The second kappa shape index (κ2) is 8.97. The second-order valence-corrected chi connectivity index (χ2v) is 5.58. The Morgan fingerprint density at radius 2 is 1.88 bits per heavy atom. The van der Waals surface area contributed by atoms with Crippen molar-refractivity contribution >= 4 is 12.0 Å². The number of ether oxygens (including phenoxy) is 2. The largest absolute Gasteiger partial charge is 0.490 e. The highest BCUT2D eigenvalue weighted by molar-refractivity contribution is 5.91. The summed E-state index contributed by atoms with van der Waals surface area (Å²) in [6.45, 7) is 8.77. The lowest BCUT2D eigenvalue weighted by molar-refractivity contribution is -0.117. The average Bonchev–Trinajstić information content (AvgIpc) is 3.00. The first-order valence-corrected chi connectivity index (χ1v) is 8.48. The molecule has 0 saturated carbocycles. The van der Waals surface area contributed by atoms with Crippen LogP contribution in [-0.4, -0.2) is 19.1 Å². The molecular formula is C20H25NO4. The van der Waals surface area contributed by atoms with Gasteiger partial charge in [-0.1, -0.05) is 6.07 Å². The summed E-state index contributed by atoms with van der Waals surface area (Å²) < 4.78 is 16.6. The molecule has 0 aliphatic rings. The lowest BCUT2D eigenvalue weighted by Crippen LogP contribution is -2.24. The number of benzene rings is 1. The molecule has 1 aromatic heterocycles. The summed E-state index contributed by atoms with van der Waals surface area (Å²) in [5, 5.41) is 2.93. The highest BCUT2D eigenvalue weighted by Crippen LogP contribution is 2.30. The third-order valence-corrected chi connectivity index (χ3v) is 3.59. The Hall–Kier alpha value is -2.69. The van der Waals surface area contributed by atoms with Gasteiger partial charge in [0.15, 0.2) is 11.5 Å². The molecular weight excluding hydrogens is 318 g/mol. The fourth-order valence-corrected chi connectivity index (χ4v) is 2.38. The Labute approximate surface area is 148 Å². The van der Waals surface area contributed by atoms with Crippen LogP contribution in [0.2, 0.25) is 0 Å². The Morgan fingerprint density at radius 3 is 2.52 bits per heavy atom. The Balaban J connectivity index is 2.03. The highest BCUT2D eigenvalue weighted by atomic mass is 16.5. The molecule has 0 bridgehead atoms. The van der Waals surface area contributed by atoms with Crippen LogP contribution in [0.5, 0.6) is 11.5 Å². The monoisotopic (exact) mass is 343 g/mol. The summed E-state index contributed by atoms with van der Waals surface area (Å²) in [5.41, 5.74) is 0.947. The van der Waals surface area contributed by atoms with E-state index in [2.05, 4.69) is 5.32 Å². The molecule has 0 spiro atoms. The summed E-state index contributed by atoms with van der Waals surface area (Å²) in [7, 11) is 0. The van der Waals surface area contributed by atoms with Gasteiger partial charge in [-0.15, -0.1) is 0 Å². The van der Waals surface area contributed by atoms with Crippen LogP contribution >= 0.6 is 0 Å². The number of hydrogen-bond donors (Lipinski definition) is 1. The summed E-state index contributed by atoms with van der Waals surface area (Å²) in [6.07, 6.45) is 3.12. The van der Waals surface area contributed by atoms with E-state index in [0.29, 0.717) is 30.5 Å². The molecule has 25 heavy (non-hydrogen) atoms. The predicted molar refractivity (Wildman–Crippen MR) is 97.8 cm³/mol. The summed E-state index contributed by atoms with van der Waals surface area (Å²) in [5.74, 6) is 2.67. The van der Waals surface area contributed by atoms with Crippen LogP contribution in [0, 0.1) is 6.92 Å². The van der Waals surface area contributed by atoms with Crippen LogP contribution in [0.1, 0.15) is 43.9 Å². The third-order valence-electron chi connectivity index (χ3n) is 3.59. The molecule has 2 aromatic rings. The van der Waals surface area contributed by atoms with Gasteiger partial charge in [0.1, 0.15) is 11.5 Å². The van der Waals surface area contributed by atoms with E-state index in [9.17, 15) is 4.79 Å². The van der Waals surface area contributed by atoms with Crippen molar-refractivity contribution in [3.05, 3.63) is 53.5 Å². The van der Waals surface area contributed by atoms with Crippen molar-refractivity contribution in [2.24, 2.45) is 0 Å². The van der Waals surface area contributed by atoms with Crippen molar-refractivity contribution in [2.75, 3.05) is 13.2 Å². The van der Waals surface area contributed by atoms with Crippen LogP contribution in [0.3, 0.4) is 0 Å². The lowest BCUT2D eigenvalue weighted by atomic mass is 10.1. The van der Waals surface area contributed by atoms with Gasteiger partial charge in [0, 0.05) is 6.08 Å². The topological polar surface area (TPSA) is 60.7 Å². The number of carbonyl (C=O) groups excluding carboxylic acids is 1. The van der Waals surface area contributed by atoms with E-state index in [1.165, 1.54) is 6.08 Å². The summed E-state index contributed by atoms with van der Waals surface area (Å²) >= 11 is 0. The number of hydrogen-bond acceptors (Lipinski definition) is 4. The number of furan rings is 1. The van der Waals surface area contributed by atoms with Gasteiger partial charge in [-0.25, -0.2) is 0 Å². The van der Waals surface area contributed by atoms with E-state index in [1.54, 1.807) is 6.08 Å². The van der Waals surface area contributed by atoms with E-state index in [4.69, 9.17) is 13.9 Å². The van der Waals surface area contributed by atoms with Crippen LogP contribution in [0.4, 0.5) is 0 Å². The van der Waals surface area contributed by atoms with Crippen molar-refractivity contribution in [3.63, 3.8) is 0 Å². The zero-order valence-electron chi connectivity index (χ0n) is 15.2. The Bertz CT molecular complexity index is 733. The molecule has 1 amide bonds. The van der Waals surface area contributed by atoms with Crippen molar-refractivity contribution in [1.29, 1.82) is 0 Å². The molecule has 0 saturated heterocycles. The molecule has 5 heteroatoms. The average molecular weight is 343 g/mol. The number of rotatable bonds is 8. The SMILES string of the molecule is CCOc1ccc(C(C)NC(=O)/C=C/c2ccc(C)o2)cc1OCC. The van der Waals surface area contributed by atoms with Gasteiger partial charge < -0.3 is 19.2 Å². The van der Waals surface area contributed by atoms with Gasteiger partial charge in [0.2, 0.25) is 5.91 Å². The Morgan fingerprint density at radius 1 is 1.16 bits per heavy atom. The molecule has 1 aromatic carbocycles. The normalized spacial score (nSPS) is 12.2. The van der Waals surface area contributed by atoms with Gasteiger partial charge >= 0.3 is 0 Å². The minimum atomic E-state index is -0.187. The van der Waals surface area contributed by atoms with Crippen molar-refractivity contribution in [2.45, 2.75) is 33.7 Å². The highest BCUT2D eigenvalue weighted by Gasteiger charge is 2.12. The maximum absolute atomic E-state index is 12.1. The van der Waals surface area contributed by atoms with Crippen LogP contribution in [-0.2, 0) is 4.79 Å².